The van der Waals surface area contributed by atoms with Gasteiger partial charge >= 0.3 is 0 Å². The number of ether oxygens (including phenoxy) is 1. The number of carbonyl (C=O) groups is 1. The Morgan fingerprint density at radius 1 is 0.571 bits per heavy atom. The molecule has 0 spiro atoms. The van der Waals surface area contributed by atoms with Crippen molar-refractivity contribution in [3.05, 3.63) is 0 Å². The molecule has 7 N–H and O–H groups in total. The van der Waals surface area contributed by atoms with E-state index < -0.39 is 55.4 Å². The average Bonchev–Trinajstić information content (AvgIpc) is 3.10. The second-order valence-electron chi connectivity index (χ2n) is 15.0. The predicted molar refractivity (Wildman–Crippen MR) is 198 cm³/mol. The number of aliphatic hydroxyl groups is 6. The molecule has 1 saturated heterocycles. The molecule has 1 rings (SSSR count). The molecule has 292 valence electrons. The summed E-state index contributed by atoms with van der Waals surface area (Å²) in [7, 11) is 0. The molecule has 9 nitrogen and oxygen atoms in total. The Hall–Kier alpha value is -0.810. The number of hydrogen-bond acceptors (Lipinski definition) is 8. The molecule has 0 aromatic heterocycles. The van der Waals surface area contributed by atoms with E-state index in [4.69, 9.17) is 4.74 Å². The largest absolute Gasteiger partial charge is 0.394 e. The number of hydrogen-bond donors (Lipinski definition) is 7. The maximum Gasteiger partial charge on any atom is 0.220 e. The average molecular weight is 702 g/mol. The minimum Gasteiger partial charge on any atom is -0.394 e. The van der Waals surface area contributed by atoms with E-state index in [0.29, 0.717) is 12.8 Å². The number of unbranched alkanes of at least 4 members (excludes halogenated alkanes) is 24. The monoisotopic (exact) mass is 702 g/mol. The third kappa shape index (κ3) is 21.3. The molecule has 0 aromatic rings. The van der Waals surface area contributed by atoms with Gasteiger partial charge in [-0.05, 0) is 12.8 Å². The summed E-state index contributed by atoms with van der Waals surface area (Å²) < 4.78 is 5.59. The quantitative estimate of drug-likeness (QED) is 0.0361. The fraction of sp³-hybridized carbons (Fsp3) is 0.975. The summed E-state index contributed by atoms with van der Waals surface area (Å²) in [6, 6.07) is -1.13. The Morgan fingerprint density at radius 2 is 0.959 bits per heavy atom. The van der Waals surface area contributed by atoms with E-state index in [1.165, 1.54) is 116 Å². The summed E-state index contributed by atoms with van der Waals surface area (Å²) in [4.78, 5) is 13.0. The molecule has 0 saturated carbocycles. The van der Waals surface area contributed by atoms with Gasteiger partial charge in [0, 0.05) is 6.42 Å². The molecule has 0 bridgehead atoms. The minimum absolute atomic E-state index is 0.265. The maximum atomic E-state index is 13.0. The Kier molecular flexibility index (Phi) is 29.0. The van der Waals surface area contributed by atoms with Gasteiger partial charge in [-0.3, -0.25) is 4.79 Å². The Bertz CT molecular complexity index is 756. The molecule has 9 heteroatoms. The molecular formula is C40H79NO8. The van der Waals surface area contributed by atoms with E-state index in [2.05, 4.69) is 19.2 Å². The number of aliphatic hydroxyl groups excluding tert-OH is 6. The van der Waals surface area contributed by atoms with Crippen molar-refractivity contribution in [2.75, 3.05) is 6.61 Å². The lowest BCUT2D eigenvalue weighted by Crippen LogP contribution is -2.66. The molecule has 0 aliphatic carbocycles. The molecule has 1 aliphatic rings. The van der Waals surface area contributed by atoms with Crippen LogP contribution in [0.2, 0.25) is 0 Å². The predicted octanol–water partition coefficient (Wildman–Crippen LogP) is 7.00. The summed E-state index contributed by atoms with van der Waals surface area (Å²) in [5.74, 6) is -0.291. The van der Waals surface area contributed by atoms with Gasteiger partial charge in [0.25, 0.3) is 0 Å². The van der Waals surface area contributed by atoms with Crippen molar-refractivity contribution in [3.63, 3.8) is 0 Å². The lowest BCUT2D eigenvalue weighted by molar-refractivity contribution is -0.253. The molecule has 0 radical (unpaired) electrons. The van der Waals surface area contributed by atoms with Gasteiger partial charge in [0.05, 0.1) is 18.8 Å². The first-order valence-electron chi connectivity index (χ1n) is 20.7. The molecule has 1 fully saturated rings. The summed E-state index contributed by atoms with van der Waals surface area (Å²) in [6.45, 7) is 3.87. The third-order valence-electron chi connectivity index (χ3n) is 10.5. The van der Waals surface area contributed by atoms with Crippen LogP contribution in [0.4, 0.5) is 0 Å². The van der Waals surface area contributed by atoms with Gasteiger partial charge < -0.3 is 40.7 Å². The first-order chi connectivity index (χ1) is 23.8. The van der Waals surface area contributed by atoms with Gasteiger partial charge in [-0.2, -0.15) is 0 Å². The van der Waals surface area contributed by atoms with Crippen LogP contribution in [-0.2, 0) is 9.53 Å². The molecule has 1 aliphatic heterocycles. The minimum atomic E-state index is -1.66. The first kappa shape index (κ1) is 46.2. The van der Waals surface area contributed by atoms with Gasteiger partial charge in [0.2, 0.25) is 5.91 Å². The smallest absolute Gasteiger partial charge is 0.220 e. The molecule has 8 atom stereocenters. The van der Waals surface area contributed by atoms with Crippen LogP contribution in [0.1, 0.15) is 194 Å². The lowest BCUT2D eigenvalue weighted by Gasteiger charge is -2.44. The zero-order valence-corrected chi connectivity index (χ0v) is 31.6. The van der Waals surface area contributed by atoms with E-state index in [1.807, 2.05) is 0 Å². The molecule has 1 heterocycles. The van der Waals surface area contributed by atoms with Crippen molar-refractivity contribution < 1.29 is 40.2 Å². The van der Waals surface area contributed by atoms with Gasteiger partial charge in [-0.25, -0.2) is 0 Å². The van der Waals surface area contributed by atoms with Crippen LogP contribution in [-0.4, -0.2) is 91.9 Å². The molecule has 1 amide bonds. The first-order valence-corrected chi connectivity index (χ1v) is 20.7. The fourth-order valence-electron chi connectivity index (χ4n) is 7.14. The Morgan fingerprint density at radius 3 is 1.37 bits per heavy atom. The van der Waals surface area contributed by atoms with Gasteiger partial charge in [-0.15, -0.1) is 0 Å². The van der Waals surface area contributed by atoms with Crippen molar-refractivity contribution in [2.45, 2.75) is 242 Å². The second kappa shape index (κ2) is 30.8. The van der Waals surface area contributed by atoms with Crippen LogP contribution in [0.5, 0.6) is 0 Å². The summed E-state index contributed by atoms with van der Waals surface area (Å²) in [5, 5.41) is 66.0. The van der Waals surface area contributed by atoms with Gasteiger partial charge in [0.15, 0.2) is 0 Å². The van der Waals surface area contributed by atoms with E-state index in [0.717, 1.165) is 44.9 Å². The fourth-order valence-corrected chi connectivity index (χ4v) is 7.14. The number of carbonyl (C=O) groups excluding carboxylic acids is 1. The SMILES string of the molecule is CCCCCCCCCCCCCCCC(=O)N[C@@H](C(O)[C@@H]1O[C@H](CO)[C@@H](O)[C@H](O)[C@H]1O)[C@H](O)CCCCCCCCCCCCCCC. The molecule has 49 heavy (non-hydrogen) atoms. The molecule has 0 aromatic carbocycles. The van der Waals surface area contributed by atoms with Gasteiger partial charge in [0.1, 0.15) is 36.6 Å². The summed E-state index contributed by atoms with van der Waals surface area (Å²) in [6.07, 6.45) is 21.8. The topological polar surface area (TPSA) is 160 Å². The maximum absolute atomic E-state index is 13.0. The Labute approximate surface area is 300 Å². The highest BCUT2D eigenvalue weighted by Gasteiger charge is 2.48. The van der Waals surface area contributed by atoms with E-state index in [9.17, 15) is 35.4 Å². The van der Waals surface area contributed by atoms with E-state index >= 15 is 0 Å². The molecule has 1 unspecified atom stereocenters. The zero-order valence-electron chi connectivity index (χ0n) is 31.6. The lowest BCUT2D eigenvalue weighted by atomic mass is 9.87. The number of nitrogens with one attached hydrogen (secondary N) is 1. The summed E-state index contributed by atoms with van der Waals surface area (Å²) >= 11 is 0. The number of amides is 1. The van der Waals surface area contributed by atoms with Crippen LogP contribution in [0.25, 0.3) is 0 Å². The van der Waals surface area contributed by atoms with E-state index in [-0.39, 0.29) is 12.3 Å². The highest BCUT2D eigenvalue weighted by Crippen LogP contribution is 2.26. The van der Waals surface area contributed by atoms with Crippen LogP contribution in [0, 0.1) is 0 Å². The summed E-state index contributed by atoms with van der Waals surface area (Å²) in [5.41, 5.74) is 0. The van der Waals surface area contributed by atoms with Crippen LogP contribution in [0.15, 0.2) is 0 Å². The second-order valence-corrected chi connectivity index (χ2v) is 15.0. The number of rotatable bonds is 33. The highest BCUT2D eigenvalue weighted by molar-refractivity contribution is 5.76. The van der Waals surface area contributed by atoms with Crippen molar-refractivity contribution >= 4 is 5.91 Å². The van der Waals surface area contributed by atoms with Crippen molar-refractivity contribution in [1.29, 1.82) is 0 Å². The standard InChI is InChI=1S/C40H79NO8/c1-3-5-7-9-11-13-15-17-19-21-23-25-27-29-32(43)35(37(46)40-39(48)38(47)36(45)33(31-42)49-40)41-34(44)30-28-26-24-22-20-18-16-14-12-10-8-6-4-2/h32-33,35-40,42-43,45-48H,3-31H2,1-2H3,(H,41,44)/t32-,33-,35-,36-,37?,38+,39-,40+/m1/s1. The van der Waals surface area contributed by atoms with Crippen LogP contribution >= 0.6 is 0 Å². The molecular weight excluding hydrogens is 622 g/mol. The zero-order chi connectivity index (χ0) is 36.1. The van der Waals surface area contributed by atoms with Crippen LogP contribution in [0.3, 0.4) is 0 Å². The normalized spacial score (nSPS) is 23.0. The Balaban J connectivity index is 2.47. The van der Waals surface area contributed by atoms with Crippen LogP contribution < -0.4 is 5.32 Å². The third-order valence-corrected chi connectivity index (χ3v) is 10.5. The van der Waals surface area contributed by atoms with Crippen molar-refractivity contribution in [3.8, 4) is 0 Å². The van der Waals surface area contributed by atoms with Crippen molar-refractivity contribution in [2.24, 2.45) is 0 Å². The highest BCUT2D eigenvalue weighted by atomic mass is 16.6. The van der Waals surface area contributed by atoms with Gasteiger partial charge in [-0.1, -0.05) is 174 Å². The van der Waals surface area contributed by atoms with Crippen molar-refractivity contribution in [1.82, 2.24) is 5.32 Å². The van der Waals surface area contributed by atoms with E-state index in [1.54, 1.807) is 0 Å².